The van der Waals surface area contributed by atoms with Gasteiger partial charge in [0.15, 0.2) is 0 Å². The number of ether oxygens (including phenoxy) is 2. The quantitative estimate of drug-likeness (QED) is 0.641. The zero-order valence-electron chi connectivity index (χ0n) is 15.5. The number of fused-ring (bicyclic) bond motifs is 2. The first-order valence-electron chi connectivity index (χ1n) is 9.00. The molecule has 0 saturated carbocycles. The summed E-state index contributed by atoms with van der Waals surface area (Å²) < 4.78 is 14.3. The van der Waals surface area contributed by atoms with Crippen molar-refractivity contribution in [2.45, 2.75) is 26.4 Å². The second-order valence-corrected chi connectivity index (χ2v) is 7.51. The van der Waals surface area contributed by atoms with E-state index < -0.39 is 0 Å². The van der Waals surface area contributed by atoms with E-state index in [1.165, 1.54) is 0 Å². The molecule has 0 aliphatic carbocycles. The van der Waals surface area contributed by atoms with Crippen molar-refractivity contribution >= 4 is 38.4 Å². The number of aryl methyl sites for hydroxylation is 1. The lowest BCUT2D eigenvalue weighted by Crippen LogP contribution is -2.17. The largest absolute Gasteiger partial charge is 0.492 e. The maximum Gasteiger partial charge on any atom is 0.273 e. The molecule has 1 N–H and O–H groups in total. The van der Waals surface area contributed by atoms with Gasteiger partial charge in [-0.3, -0.25) is 4.79 Å². The number of nitrogens with zero attached hydrogens (tertiary/aromatic N) is 1. The molecule has 1 aliphatic rings. The molecule has 5 nitrogen and oxygen atoms in total. The third kappa shape index (κ3) is 3.08. The first kappa shape index (κ1) is 17.9. The van der Waals surface area contributed by atoms with E-state index in [2.05, 4.69) is 21.2 Å². The Bertz CT molecular complexity index is 1000. The minimum atomic E-state index is -0.201. The Kier molecular flexibility index (Phi) is 4.60. The zero-order chi connectivity index (χ0) is 19.1. The fraction of sp³-hybridized carbons (Fsp3) is 0.286. The Hall–Kier alpha value is -2.47. The van der Waals surface area contributed by atoms with Gasteiger partial charge in [0.2, 0.25) is 0 Å². The highest BCUT2D eigenvalue weighted by Crippen LogP contribution is 2.39. The van der Waals surface area contributed by atoms with Gasteiger partial charge >= 0.3 is 0 Å². The molecule has 0 spiro atoms. The number of amides is 1. The Morgan fingerprint density at radius 1 is 1.37 bits per heavy atom. The van der Waals surface area contributed by atoms with Crippen molar-refractivity contribution in [2.24, 2.45) is 7.05 Å². The van der Waals surface area contributed by atoms with E-state index in [-0.39, 0.29) is 12.0 Å². The van der Waals surface area contributed by atoms with Gasteiger partial charge in [0, 0.05) is 36.0 Å². The van der Waals surface area contributed by atoms with Crippen molar-refractivity contribution in [1.82, 2.24) is 4.57 Å². The summed E-state index contributed by atoms with van der Waals surface area (Å²) >= 11 is 3.59. The molecule has 1 aliphatic heterocycles. The van der Waals surface area contributed by atoms with Gasteiger partial charge in [-0.25, -0.2) is 0 Å². The molecule has 140 valence electrons. The van der Waals surface area contributed by atoms with Crippen molar-refractivity contribution in [2.75, 3.05) is 11.9 Å². The minimum Gasteiger partial charge on any atom is -0.492 e. The highest BCUT2D eigenvalue weighted by atomic mass is 79.9. The summed E-state index contributed by atoms with van der Waals surface area (Å²) in [5.74, 6) is 1.27. The number of rotatable bonds is 4. The molecule has 27 heavy (non-hydrogen) atoms. The number of para-hydroxylation sites is 1. The molecule has 1 unspecified atom stereocenters. The molecule has 0 radical (unpaired) electrons. The Morgan fingerprint density at radius 3 is 2.89 bits per heavy atom. The molecule has 4 rings (SSSR count). The Morgan fingerprint density at radius 2 is 2.15 bits per heavy atom. The van der Waals surface area contributed by atoms with Crippen molar-refractivity contribution in [3.63, 3.8) is 0 Å². The van der Waals surface area contributed by atoms with Crippen molar-refractivity contribution < 1.29 is 14.3 Å². The van der Waals surface area contributed by atoms with Crippen molar-refractivity contribution in [1.29, 1.82) is 0 Å². The van der Waals surface area contributed by atoms with Crippen LogP contribution >= 0.6 is 15.9 Å². The highest BCUT2D eigenvalue weighted by molar-refractivity contribution is 9.10. The number of hydrogen-bond acceptors (Lipinski definition) is 3. The number of anilines is 1. The lowest BCUT2D eigenvalue weighted by Gasteiger charge is -2.14. The molecule has 2 heterocycles. The molecule has 0 fully saturated rings. The summed E-state index contributed by atoms with van der Waals surface area (Å²) in [5.41, 5.74) is 3.28. The van der Waals surface area contributed by atoms with Crippen LogP contribution in [0.2, 0.25) is 0 Å². The maximum absolute atomic E-state index is 13.1. The van der Waals surface area contributed by atoms with Gasteiger partial charge < -0.3 is 19.4 Å². The summed E-state index contributed by atoms with van der Waals surface area (Å²) in [6.07, 6.45) is 0.978. The summed E-state index contributed by atoms with van der Waals surface area (Å²) in [7, 11) is 1.89. The van der Waals surface area contributed by atoms with E-state index in [4.69, 9.17) is 9.47 Å². The van der Waals surface area contributed by atoms with Gasteiger partial charge in [-0.05, 0) is 41.9 Å². The molecular formula is C21H21BrN2O3. The van der Waals surface area contributed by atoms with Crippen molar-refractivity contribution in [3.05, 3.63) is 52.1 Å². The van der Waals surface area contributed by atoms with Crippen LogP contribution in [0.3, 0.4) is 0 Å². The van der Waals surface area contributed by atoms with Crippen LogP contribution in [0, 0.1) is 0 Å². The number of carbonyl (C=O) groups is 1. The predicted molar refractivity (Wildman–Crippen MR) is 110 cm³/mol. The average Bonchev–Trinajstić information content (AvgIpc) is 3.12. The van der Waals surface area contributed by atoms with Gasteiger partial charge in [-0.1, -0.05) is 18.2 Å². The smallest absolute Gasteiger partial charge is 0.273 e. The van der Waals surface area contributed by atoms with E-state index >= 15 is 0 Å². The molecule has 6 heteroatoms. The van der Waals surface area contributed by atoms with Crippen LogP contribution in [0.15, 0.2) is 40.9 Å². The second kappa shape index (κ2) is 6.93. The van der Waals surface area contributed by atoms with Crippen LogP contribution in [-0.4, -0.2) is 23.2 Å². The lowest BCUT2D eigenvalue weighted by molar-refractivity contribution is 0.101. The number of aromatic nitrogens is 1. The molecule has 3 aromatic rings. The molecule has 1 atom stereocenters. The Labute approximate surface area is 166 Å². The van der Waals surface area contributed by atoms with E-state index in [1.807, 2.05) is 61.9 Å². The van der Waals surface area contributed by atoms with Gasteiger partial charge in [-0.2, -0.15) is 0 Å². The topological polar surface area (TPSA) is 52.5 Å². The predicted octanol–water partition coefficient (Wildman–Crippen LogP) is 4.92. The Balaban J connectivity index is 1.72. The van der Waals surface area contributed by atoms with E-state index in [0.717, 1.165) is 33.1 Å². The summed E-state index contributed by atoms with van der Waals surface area (Å²) in [4.78, 5) is 13.1. The van der Waals surface area contributed by atoms with Gasteiger partial charge in [0.1, 0.15) is 23.3 Å². The fourth-order valence-electron chi connectivity index (χ4n) is 3.59. The number of hydrogen-bond donors (Lipinski definition) is 1. The number of benzene rings is 2. The number of nitrogens with one attached hydrogen (secondary N) is 1. The van der Waals surface area contributed by atoms with Crippen LogP contribution < -0.4 is 14.8 Å². The van der Waals surface area contributed by atoms with Crippen LogP contribution in [0.1, 0.15) is 29.9 Å². The molecule has 0 saturated heterocycles. The molecule has 1 amide bonds. The van der Waals surface area contributed by atoms with Gasteiger partial charge in [0.05, 0.1) is 16.8 Å². The lowest BCUT2D eigenvalue weighted by atomic mass is 10.1. The number of carbonyl (C=O) groups excluding carboxylic acids is 1. The van der Waals surface area contributed by atoms with E-state index in [0.29, 0.717) is 23.7 Å². The first-order valence-corrected chi connectivity index (χ1v) is 9.79. The van der Waals surface area contributed by atoms with E-state index in [9.17, 15) is 4.79 Å². The van der Waals surface area contributed by atoms with Crippen LogP contribution in [0.25, 0.3) is 10.9 Å². The van der Waals surface area contributed by atoms with Crippen LogP contribution in [0.4, 0.5) is 5.69 Å². The van der Waals surface area contributed by atoms with Crippen LogP contribution in [-0.2, 0) is 13.5 Å². The van der Waals surface area contributed by atoms with Crippen molar-refractivity contribution in [3.8, 4) is 11.5 Å². The third-order valence-corrected chi connectivity index (χ3v) is 5.61. The van der Waals surface area contributed by atoms with Gasteiger partial charge in [-0.15, -0.1) is 0 Å². The monoisotopic (exact) mass is 428 g/mol. The fourth-order valence-corrected chi connectivity index (χ4v) is 4.37. The molecular weight excluding hydrogens is 408 g/mol. The minimum absolute atomic E-state index is 0.132. The number of halogens is 1. The van der Waals surface area contributed by atoms with Gasteiger partial charge in [0.25, 0.3) is 5.91 Å². The second-order valence-electron chi connectivity index (χ2n) is 6.71. The first-order chi connectivity index (χ1) is 13.0. The zero-order valence-corrected chi connectivity index (χ0v) is 17.1. The average molecular weight is 429 g/mol. The summed E-state index contributed by atoms with van der Waals surface area (Å²) in [6, 6.07) is 11.7. The summed E-state index contributed by atoms with van der Waals surface area (Å²) in [6.45, 7) is 4.49. The standard InChI is InChI=1S/C21H21BrN2O3/c1-4-26-18-10-13-9-12(2)27-17(13)11-15(18)23-21(25)20-19(22)14-7-5-6-8-16(14)24(20)3/h5-8,10-12H,4,9H2,1-3H3,(H,23,25). The maximum atomic E-state index is 13.1. The molecule has 1 aromatic heterocycles. The SMILES string of the molecule is CCOc1cc2c(cc1NC(=O)c1c(Br)c3ccccc3n1C)OC(C)C2. The highest BCUT2D eigenvalue weighted by Gasteiger charge is 2.24. The molecule has 2 aromatic carbocycles. The normalized spacial score (nSPS) is 15.5. The van der Waals surface area contributed by atoms with Crippen LogP contribution in [0.5, 0.6) is 11.5 Å². The summed E-state index contributed by atoms with van der Waals surface area (Å²) in [5, 5.41) is 4.01. The van der Waals surface area contributed by atoms with E-state index in [1.54, 1.807) is 0 Å². The third-order valence-electron chi connectivity index (χ3n) is 4.81. The molecule has 0 bridgehead atoms.